The van der Waals surface area contributed by atoms with Gasteiger partial charge in [0, 0.05) is 66.3 Å². The van der Waals surface area contributed by atoms with Crippen LogP contribution in [0.2, 0.25) is 5.02 Å². The number of fused-ring (bicyclic) bond motifs is 4. The molecule has 8 rings (SSSR count). The molecule has 3 amide bonds. The maximum Gasteiger partial charge on any atom is 0.417 e. The number of pyridine rings is 1. The molecule has 0 spiro atoms. The summed E-state index contributed by atoms with van der Waals surface area (Å²) in [6.45, 7) is 7.85. The fourth-order valence-corrected chi connectivity index (χ4v) is 8.81. The number of benzene rings is 5. The molecule has 13 nitrogen and oxygen atoms in total. The summed E-state index contributed by atoms with van der Waals surface area (Å²) in [4.78, 5) is 43.3. The Labute approximate surface area is 393 Å². The lowest BCUT2D eigenvalue weighted by molar-refractivity contribution is -0.137. The molecular weight excluding hydrogens is 901 g/mol. The van der Waals surface area contributed by atoms with Gasteiger partial charge in [-0.1, -0.05) is 53.9 Å². The quantitative estimate of drug-likeness (QED) is 0.0464. The van der Waals surface area contributed by atoms with E-state index in [1.54, 1.807) is 46.4 Å². The van der Waals surface area contributed by atoms with Gasteiger partial charge in [0.1, 0.15) is 22.9 Å². The number of hydrogen-bond acceptors (Lipinski definition) is 10. The average Bonchev–Trinajstić information content (AvgIpc) is 3.78. The zero-order valence-corrected chi connectivity index (χ0v) is 38.2. The number of urea groups is 1. The number of ether oxygens (including phenoxy) is 1. The lowest BCUT2D eigenvalue weighted by atomic mass is 10.1. The van der Waals surface area contributed by atoms with E-state index in [1.807, 2.05) is 6.20 Å². The number of carbonyl (C=O) groups is 2. The highest BCUT2D eigenvalue weighted by molar-refractivity contribution is 7.21. The fraction of sp³-hybridized carbons (Fsp3) is 0.245. The van der Waals surface area contributed by atoms with Gasteiger partial charge < -0.3 is 25.6 Å². The second-order valence-corrected chi connectivity index (χ2v) is 17.0. The number of anilines is 3. The number of nitrogens with one attached hydrogen (secondary N) is 3. The predicted octanol–water partition coefficient (Wildman–Crippen LogP) is 11.6. The lowest BCUT2D eigenvalue weighted by Crippen LogP contribution is -2.24. The number of aryl methyl sites for hydroxylation is 1. The van der Waals surface area contributed by atoms with Crippen molar-refractivity contribution in [3.63, 3.8) is 0 Å². The highest BCUT2D eigenvalue weighted by Gasteiger charge is 2.33. The van der Waals surface area contributed by atoms with E-state index in [0.717, 1.165) is 94.4 Å². The van der Waals surface area contributed by atoms with Crippen LogP contribution in [-0.2, 0) is 19.3 Å². The van der Waals surface area contributed by atoms with Crippen LogP contribution >= 0.6 is 22.9 Å². The Hall–Kier alpha value is -7.11. The lowest BCUT2D eigenvalue weighted by Gasteiger charge is -2.21. The summed E-state index contributed by atoms with van der Waals surface area (Å²) in [6, 6.07) is 28.8. The Morgan fingerprint density at radius 3 is 2.40 bits per heavy atom. The molecule has 2 aromatic heterocycles. The third-order valence-electron chi connectivity index (χ3n) is 10.9. The number of aromatic nitrogens is 5. The van der Waals surface area contributed by atoms with Gasteiger partial charge in [-0.05, 0) is 99.5 Å². The standard InChI is InChI=1S/C49H46ClF3N10O3S/c1-3-62(4-2)34-16-20-41-44(26-34)67-45-28-42(37-11-7-8-12-38(37)46(45)59-41)54-22-9-5-6-10-24-63-30-33(60-61-63)29-56-47(64)43-27-36(21-23-55-43)66-35-17-13-31(14-18-35)57-48(65)58-32-15-19-40(50)39(25-32)49(51,52)53/h7-8,11-21,23,25-28,30H,3-6,9-10,22,24,29H2,1-2H3,(H,56,64)(H2,57,58,65). The highest BCUT2D eigenvalue weighted by Crippen LogP contribution is 2.37. The van der Waals surface area contributed by atoms with Gasteiger partial charge in [-0.3, -0.25) is 19.5 Å². The maximum atomic E-state index is 13.2. The zero-order chi connectivity index (χ0) is 46.9. The van der Waals surface area contributed by atoms with Crippen LogP contribution < -0.4 is 30.9 Å². The van der Waals surface area contributed by atoms with Crippen LogP contribution in [0.4, 0.5) is 35.0 Å². The largest absolute Gasteiger partial charge is 0.457 e. The van der Waals surface area contributed by atoms with Crippen LogP contribution in [-0.4, -0.2) is 56.5 Å². The number of amides is 3. The SMILES string of the molecule is CCN(CC)c1ccc2nc3c4ccccc4c(=NCCCCCCn4cc(CNC(=O)c5cc(Oc6ccc(NC(=O)Nc7ccc(Cl)c(C(F)(F)F)c7)cc6)ccn5)nn4)cc-3sc2c1. The van der Waals surface area contributed by atoms with E-state index < -0.39 is 28.7 Å². The van der Waals surface area contributed by atoms with Crippen molar-refractivity contribution in [3.8, 4) is 22.1 Å². The van der Waals surface area contributed by atoms with E-state index in [2.05, 4.69) is 98.5 Å². The number of rotatable bonds is 17. The molecule has 0 bridgehead atoms. The van der Waals surface area contributed by atoms with Crippen molar-refractivity contribution >= 4 is 72.9 Å². The molecule has 1 aliphatic carbocycles. The van der Waals surface area contributed by atoms with Gasteiger partial charge in [-0.2, -0.15) is 13.2 Å². The first kappa shape index (κ1) is 46.4. The zero-order valence-electron chi connectivity index (χ0n) is 36.6. The molecule has 0 fully saturated rings. The van der Waals surface area contributed by atoms with Gasteiger partial charge in [-0.15, -0.1) is 16.4 Å². The molecule has 18 heteroatoms. The third kappa shape index (κ3) is 11.7. The van der Waals surface area contributed by atoms with Crippen molar-refractivity contribution in [2.75, 3.05) is 35.2 Å². The summed E-state index contributed by atoms with van der Waals surface area (Å²) in [6.07, 6.45) is 2.52. The van der Waals surface area contributed by atoms with E-state index in [9.17, 15) is 22.8 Å². The predicted molar refractivity (Wildman–Crippen MR) is 257 cm³/mol. The monoisotopic (exact) mass is 946 g/mol. The van der Waals surface area contributed by atoms with E-state index in [0.29, 0.717) is 29.4 Å². The Morgan fingerprint density at radius 2 is 1.61 bits per heavy atom. The molecule has 0 saturated carbocycles. The van der Waals surface area contributed by atoms with Gasteiger partial charge >= 0.3 is 12.2 Å². The minimum absolute atomic E-state index is 0.0798. The maximum absolute atomic E-state index is 13.2. The van der Waals surface area contributed by atoms with Crippen LogP contribution in [0.3, 0.4) is 0 Å². The molecule has 3 N–H and O–H groups in total. The molecule has 0 unspecified atom stereocenters. The van der Waals surface area contributed by atoms with Crippen LogP contribution in [0.5, 0.6) is 11.5 Å². The second-order valence-electron chi connectivity index (χ2n) is 15.6. The number of halogens is 4. The molecule has 67 heavy (non-hydrogen) atoms. The molecule has 4 aromatic carbocycles. The number of hydrogen-bond donors (Lipinski definition) is 3. The van der Waals surface area contributed by atoms with Gasteiger partial charge in [0.15, 0.2) is 0 Å². The van der Waals surface area contributed by atoms with Crippen LogP contribution in [0.1, 0.15) is 61.3 Å². The average molecular weight is 947 g/mol. The first-order valence-electron chi connectivity index (χ1n) is 21.8. The Balaban J connectivity index is 0.775. The van der Waals surface area contributed by atoms with E-state index in [1.165, 1.54) is 24.0 Å². The van der Waals surface area contributed by atoms with Crippen molar-refractivity contribution in [3.05, 3.63) is 143 Å². The van der Waals surface area contributed by atoms with Crippen molar-refractivity contribution in [2.24, 2.45) is 4.99 Å². The topological polar surface area (TPSA) is 152 Å². The van der Waals surface area contributed by atoms with Crippen LogP contribution in [0.25, 0.3) is 31.6 Å². The van der Waals surface area contributed by atoms with Crippen LogP contribution in [0, 0.1) is 0 Å². The molecular formula is C49H46ClF3N10O3S. The number of alkyl halides is 3. The number of unbranched alkanes of at least 4 members (excludes halogenated alkanes) is 3. The van der Waals surface area contributed by atoms with Gasteiger partial charge in [-0.25, -0.2) is 9.78 Å². The molecule has 0 saturated heterocycles. The van der Waals surface area contributed by atoms with Crippen molar-refractivity contribution in [1.29, 1.82) is 0 Å². The van der Waals surface area contributed by atoms with Crippen LogP contribution in [0.15, 0.2) is 121 Å². The first-order valence-corrected chi connectivity index (χ1v) is 23.0. The third-order valence-corrected chi connectivity index (χ3v) is 12.3. The second kappa shape index (κ2) is 21.0. The highest BCUT2D eigenvalue weighted by atomic mass is 35.5. The van der Waals surface area contributed by atoms with Gasteiger partial charge in [0.05, 0.1) is 49.5 Å². The summed E-state index contributed by atoms with van der Waals surface area (Å²) in [5.41, 5.74) is 3.18. The summed E-state index contributed by atoms with van der Waals surface area (Å²) in [5, 5.41) is 18.9. The fourth-order valence-electron chi connectivity index (χ4n) is 7.53. The van der Waals surface area contributed by atoms with Crippen molar-refractivity contribution in [2.45, 2.75) is 58.8 Å². The summed E-state index contributed by atoms with van der Waals surface area (Å²) >= 11 is 7.43. The molecule has 0 radical (unpaired) electrons. The molecule has 2 aliphatic rings. The van der Waals surface area contributed by atoms with E-state index in [-0.39, 0.29) is 17.9 Å². The first-order chi connectivity index (χ1) is 32.4. The summed E-state index contributed by atoms with van der Waals surface area (Å²) in [7, 11) is 0. The molecule has 1 aliphatic heterocycles. The Kier molecular flexibility index (Phi) is 14.6. The summed E-state index contributed by atoms with van der Waals surface area (Å²) in [5.74, 6) is 0.320. The summed E-state index contributed by atoms with van der Waals surface area (Å²) < 4.78 is 48.4. The van der Waals surface area contributed by atoms with Gasteiger partial charge in [0.2, 0.25) is 0 Å². The number of nitrogens with zero attached hydrogens (tertiary/aromatic N) is 7. The van der Waals surface area contributed by atoms with Crippen molar-refractivity contribution < 1.29 is 27.5 Å². The molecule has 344 valence electrons. The van der Waals surface area contributed by atoms with Gasteiger partial charge in [0.25, 0.3) is 5.91 Å². The van der Waals surface area contributed by atoms with Crippen molar-refractivity contribution in [1.82, 2.24) is 30.3 Å². The molecule has 0 atom stereocenters. The Morgan fingerprint density at radius 1 is 0.851 bits per heavy atom. The minimum Gasteiger partial charge on any atom is -0.457 e. The minimum atomic E-state index is -4.67. The molecule has 3 heterocycles. The Bertz CT molecular complexity index is 3070. The smallest absolute Gasteiger partial charge is 0.417 e. The normalized spacial score (nSPS) is 11.9. The number of carbonyl (C=O) groups excluding carboxylic acids is 2. The van der Waals surface area contributed by atoms with E-state index in [4.69, 9.17) is 26.3 Å². The molecule has 6 aromatic rings. The van der Waals surface area contributed by atoms with E-state index >= 15 is 0 Å².